The van der Waals surface area contributed by atoms with Crippen LogP contribution < -0.4 is 0 Å². The summed E-state index contributed by atoms with van der Waals surface area (Å²) in [4.78, 5) is 0. The predicted octanol–water partition coefficient (Wildman–Crippen LogP) is 6.50. The Kier molecular flexibility index (Phi) is 7.85. The first-order valence-electron chi connectivity index (χ1n) is 9.35. The van der Waals surface area contributed by atoms with Crippen molar-refractivity contribution in [1.29, 1.82) is 5.26 Å². The Bertz CT molecular complexity index is 665. The fraction of sp³-hybridized carbons (Fsp3) is 0.571. The van der Waals surface area contributed by atoms with E-state index in [0.29, 0.717) is 5.92 Å². The minimum atomic E-state index is -3.34. The van der Waals surface area contributed by atoms with Crippen LogP contribution >= 0.6 is 0 Å². The molecule has 0 atom stereocenters. The van der Waals surface area contributed by atoms with Gasteiger partial charge in [0.1, 0.15) is 23.3 Å². The van der Waals surface area contributed by atoms with E-state index in [4.69, 9.17) is 5.26 Å². The molecule has 0 heterocycles. The van der Waals surface area contributed by atoms with Gasteiger partial charge in [0.2, 0.25) is 0 Å². The molecule has 0 spiro atoms. The maximum atomic E-state index is 14.1. The molecule has 0 aliphatic heterocycles. The smallest absolute Gasteiger partial charge is 0.316 e. The summed E-state index contributed by atoms with van der Waals surface area (Å²) in [6.07, 6.45) is 5.95. The summed E-state index contributed by atoms with van der Waals surface area (Å²) < 4.78 is 60.0. The van der Waals surface area contributed by atoms with E-state index in [2.05, 4.69) is 10.8 Å². The summed E-state index contributed by atoms with van der Waals surface area (Å²) in [7, 11) is 0. The highest BCUT2D eigenvalue weighted by Gasteiger charge is 2.35. The molecule has 148 valence electrons. The SMILES string of the molecule is C/C=C/CCC1CCC(CC(F)(F)OCc2cc(F)c(C#N)c(F)c2)CC1. The van der Waals surface area contributed by atoms with Gasteiger partial charge in [-0.15, -0.1) is 0 Å². The summed E-state index contributed by atoms with van der Waals surface area (Å²) in [5.41, 5.74) is -0.784. The van der Waals surface area contributed by atoms with Crippen LogP contribution in [0.5, 0.6) is 0 Å². The number of nitrogens with zero attached hydrogens (tertiary/aromatic N) is 1. The first kappa shape index (κ1) is 21.4. The number of ether oxygens (including phenoxy) is 1. The second-order valence-corrected chi connectivity index (χ2v) is 7.21. The fourth-order valence-corrected chi connectivity index (χ4v) is 3.62. The summed E-state index contributed by atoms with van der Waals surface area (Å²) >= 11 is 0. The molecule has 0 bridgehead atoms. The molecule has 1 aromatic carbocycles. The Balaban J connectivity index is 1.81. The number of hydrogen-bond acceptors (Lipinski definition) is 2. The Morgan fingerprint density at radius 1 is 1.15 bits per heavy atom. The topological polar surface area (TPSA) is 33.0 Å². The summed E-state index contributed by atoms with van der Waals surface area (Å²) in [5, 5.41) is 8.63. The third-order valence-electron chi connectivity index (χ3n) is 5.13. The van der Waals surface area contributed by atoms with E-state index in [1.54, 1.807) is 0 Å². The number of alkyl halides is 2. The molecule has 0 unspecified atom stereocenters. The summed E-state index contributed by atoms with van der Waals surface area (Å²) in [6.45, 7) is 1.38. The zero-order valence-corrected chi connectivity index (χ0v) is 15.5. The Morgan fingerprint density at radius 2 is 1.74 bits per heavy atom. The second kappa shape index (κ2) is 9.89. The van der Waals surface area contributed by atoms with Crippen molar-refractivity contribution in [3.05, 3.63) is 47.0 Å². The molecule has 0 amide bonds. The minimum absolute atomic E-state index is 0.0589. The largest absolute Gasteiger partial charge is 0.356 e. The standard InChI is InChI=1S/C21H25F4NO/c1-2-3-4-5-15-6-8-16(9-7-15)12-21(24,25)27-14-17-10-19(22)18(13-26)20(23)11-17/h2-3,10-11,15-16H,4-9,12,14H2,1H3/b3-2+. The summed E-state index contributed by atoms with van der Waals surface area (Å²) in [6, 6.07) is 3.10. The minimum Gasteiger partial charge on any atom is -0.316 e. The van der Waals surface area contributed by atoms with Crippen LogP contribution in [0.3, 0.4) is 0 Å². The van der Waals surface area contributed by atoms with Crippen LogP contribution in [0.4, 0.5) is 17.6 Å². The molecular formula is C21H25F4NO. The van der Waals surface area contributed by atoms with E-state index in [1.807, 2.05) is 13.0 Å². The maximum Gasteiger partial charge on any atom is 0.356 e. The fourth-order valence-electron chi connectivity index (χ4n) is 3.62. The van der Waals surface area contributed by atoms with Crippen LogP contribution in [0.15, 0.2) is 24.3 Å². The quantitative estimate of drug-likeness (QED) is 0.379. The molecule has 2 rings (SSSR count). The zero-order valence-electron chi connectivity index (χ0n) is 15.5. The van der Waals surface area contributed by atoms with Gasteiger partial charge in [0, 0.05) is 6.42 Å². The average Bonchev–Trinajstić information content (AvgIpc) is 2.61. The Hall–Kier alpha value is -1.87. The number of allylic oxidation sites excluding steroid dienone is 2. The predicted molar refractivity (Wildman–Crippen MR) is 94.9 cm³/mol. The number of hydrogen-bond donors (Lipinski definition) is 0. The lowest BCUT2D eigenvalue weighted by Crippen LogP contribution is -2.27. The Labute approximate surface area is 157 Å². The zero-order chi connectivity index (χ0) is 19.9. The Morgan fingerprint density at radius 3 is 2.30 bits per heavy atom. The lowest BCUT2D eigenvalue weighted by Gasteiger charge is -2.30. The number of benzene rings is 1. The van der Waals surface area contributed by atoms with Crippen molar-refractivity contribution >= 4 is 0 Å². The van der Waals surface area contributed by atoms with Crippen molar-refractivity contribution in [1.82, 2.24) is 0 Å². The van der Waals surface area contributed by atoms with Gasteiger partial charge in [-0.05, 0) is 62.1 Å². The van der Waals surface area contributed by atoms with Gasteiger partial charge in [0.05, 0.1) is 6.61 Å². The molecule has 0 aromatic heterocycles. The van der Waals surface area contributed by atoms with Crippen molar-refractivity contribution in [2.45, 2.75) is 64.6 Å². The van der Waals surface area contributed by atoms with Gasteiger partial charge in [-0.1, -0.05) is 25.0 Å². The van der Waals surface area contributed by atoms with Gasteiger partial charge in [0.25, 0.3) is 0 Å². The van der Waals surface area contributed by atoms with Crippen LogP contribution in [0.25, 0.3) is 0 Å². The lowest BCUT2D eigenvalue weighted by atomic mass is 9.78. The van der Waals surface area contributed by atoms with Crippen LogP contribution in [-0.4, -0.2) is 6.11 Å². The molecular weight excluding hydrogens is 358 g/mol. The van der Waals surface area contributed by atoms with Crippen LogP contribution in [0.2, 0.25) is 0 Å². The van der Waals surface area contributed by atoms with E-state index in [0.717, 1.165) is 50.7 Å². The first-order valence-corrected chi connectivity index (χ1v) is 9.35. The number of rotatable bonds is 8. The molecule has 2 nitrogen and oxygen atoms in total. The molecule has 0 saturated heterocycles. The van der Waals surface area contributed by atoms with Crippen molar-refractivity contribution < 1.29 is 22.3 Å². The summed E-state index contributed by atoms with van der Waals surface area (Å²) in [5.74, 6) is -1.66. The molecule has 27 heavy (non-hydrogen) atoms. The van der Waals surface area contributed by atoms with Crippen molar-refractivity contribution in [2.75, 3.05) is 0 Å². The second-order valence-electron chi connectivity index (χ2n) is 7.21. The average molecular weight is 383 g/mol. The third-order valence-corrected chi connectivity index (χ3v) is 5.13. The van der Waals surface area contributed by atoms with Gasteiger partial charge >= 0.3 is 6.11 Å². The van der Waals surface area contributed by atoms with Gasteiger partial charge in [-0.3, -0.25) is 0 Å². The lowest BCUT2D eigenvalue weighted by molar-refractivity contribution is -0.256. The van der Waals surface area contributed by atoms with E-state index in [9.17, 15) is 17.6 Å². The van der Waals surface area contributed by atoms with E-state index < -0.39 is 29.9 Å². The van der Waals surface area contributed by atoms with E-state index >= 15 is 0 Å². The van der Waals surface area contributed by atoms with Gasteiger partial charge in [-0.2, -0.15) is 14.0 Å². The molecule has 0 radical (unpaired) electrons. The van der Waals surface area contributed by atoms with Gasteiger partial charge < -0.3 is 4.74 Å². The van der Waals surface area contributed by atoms with Crippen LogP contribution in [0, 0.1) is 34.8 Å². The molecule has 6 heteroatoms. The van der Waals surface area contributed by atoms with Crippen LogP contribution in [0.1, 0.15) is 63.0 Å². The van der Waals surface area contributed by atoms with Gasteiger partial charge in [0.15, 0.2) is 0 Å². The third kappa shape index (κ3) is 6.66. The van der Waals surface area contributed by atoms with Gasteiger partial charge in [-0.25, -0.2) is 8.78 Å². The number of halogens is 4. The van der Waals surface area contributed by atoms with Crippen molar-refractivity contribution in [2.24, 2.45) is 11.8 Å². The van der Waals surface area contributed by atoms with Crippen LogP contribution in [-0.2, 0) is 11.3 Å². The van der Waals surface area contributed by atoms with Crippen molar-refractivity contribution in [3.8, 4) is 6.07 Å². The molecule has 1 aliphatic carbocycles. The molecule has 1 fully saturated rings. The number of nitriles is 1. The molecule has 1 saturated carbocycles. The van der Waals surface area contributed by atoms with Crippen molar-refractivity contribution in [3.63, 3.8) is 0 Å². The first-order chi connectivity index (χ1) is 12.8. The highest BCUT2D eigenvalue weighted by molar-refractivity contribution is 5.34. The highest BCUT2D eigenvalue weighted by Crippen LogP contribution is 2.38. The highest BCUT2D eigenvalue weighted by atomic mass is 19.3. The molecule has 0 N–H and O–H groups in total. The maximum absolute atomic E-state index is 14.1. The van der Waals surface area contributed by atoms with E-state index in [-0.39, 0.29) is 17.9 Å². The normalized spacial score (nSPS) is 20.7. The molecule has 1 aliphatic rings. The molecule has 1 aromatic rings. The monoisotopic (exact) mass is 383 g/mol. The van der Waals surface area contributed by atoms with E-state index in [1.165, 1.54) is 6.07 Å².